The van der Waals surface area contributed by atoms with Crippen LogP contribution in [0.3, 0.4) is 0 Å². The van der Waals surface area contributed by atoms with Gasteiger partial charge in [-0.2, -0.15) is 5.10 Å². The Labute approximate surface area is 417 Å². The Bertz CT molecular complexity index is 4110. The third-order valence-corrected chi connectivity index (χ3v) is 14.7. The molecule has 0 spiro atoms. The summed E-state index contributed by atoms with van der Waals surface area (Å²) < 4.78 is 6.91. The van der Waals surface area contributed by atoms with E-state index >= 15 is 0 Å². The summed E-state index contributed by atoms with van der Waals surface area (Å²) >= 11 is 0. The average Bonchev–Trinajstić information content (AvgIpc) is 4.15. The Morgan fingerprint density at radius 2 is 0.903 bits per heavy atom. The molecule has 5 heteroatoms. The molecule has 0 saturated carbocycles. The van der Waals surface area contributed by atoms with E-state index in [0.29, 0.717) is 0 Å². The zero-order valence-electron chi connectivity index (χ0n) is 39.4. The molecule has 1 aliphatic carbocycles. The standard InChI is InChI=1S/C67H47N5/c1-4-14-46(15-5-1)48-24-32-53(33-25-48)69(54-34-26-49(27-35-54)47-16-6-2-7-17-47)55-36-28-50(29-37-55)51-30-38-56(39-31-51)70-63-22-12-11-21-59(63)61-44-57(40-42-65(61)70)72-66-43-41-60-58-20-10-13-23-64(58)71(52-18-8-3-9-19-52)67(60)62(66)45-68-72/h1-30,32-45,51H,31H2. The first-order valence-corrected chi connectivity index (χ1v) is 24.8. The predicted molar refractivity (Wildman–Crippen MR) is 301 cm³/mol. The lowest BCUT2D eigenvalue weighted by atomic mass is 9.91. The molecular formula is C67H47N5. The minimum absolute atomic E-state index is 0.256. The first-order chi connectivity index (χ1) is 35.7. The van der Waals surface area contributed by atoms with Crippen molar-refractivity contribution in [1.82, 2.24) is 18.9 Å². The highest BCUT2D eigenvalue weighted by molar-refractivity contribution is 6.18. The number of benzene rings is 10. The summed E-state index contributed by atoms with van der Waals surface area (Å²) in [5, 5.41) is 11.1. The zero-order chi connectivity index (χ0) is 47.5. The monoisotopic (exact) mass is 921 g/mol. The van der Waals surface area contributed by atoms with Gasteiger partial charge in [-0.25, -0.2) is 4.68 Å². The second kappa shape index (κ2) is 17.2. The van der Waals surface area contributed by atoms with Crippen molar-refractivity contribution in [2.75, 3.05) is 4.90 Å². The molecule has 1 unspecified atom stereocenters. The normalized spacial score (nSPS) is 13.7. The summed E-state index contributed by atoms with van der Waals surface area (Å²) in [7, 11) is 0. The van der Waals surface area contributed by atoms with Gasteiger partial charge in [-0.3, -0.25) is 0 Å². The molecule has 3 heterocycles. The fourth-order valence-corrected chi connectivity index (χ4v) is 11.2. The summed E-state index contributed by atoms with van der Waals surface area (Å²) in [5.41, 5.74) is 18.6. The molecule has 1 aliphatic rings. The number of nitrogens with zero attached hydrogens (tertiary/aromatic N) is 5. The van der Waals surface area contributed by atoms with Crippen LogP contribution in [0.5, 0.6) is 0 Å². The van der Waals surface area contributed by atoms with E-state index < -0.39 is 0 Å². The molecule has 0 fully saturated rings. The fraction of sp³-hybridized carbons (Fsp3) is 0.0299. The van der Waals surface area contributed by atoms with Crippen LogP contribution in [-0.2, 0) is 0 Å². The Kier molecular flexibility index (Phi) is 9.92. The van der Waals surface area contributed by atoms with Crippen LogP contribution in [0.2, 0.25) is 0 Å². The predicted octanol–water partition coefficient (Wildman–Crippen LogP) is 17.6. The molecule has 3 aromatic heterocycles. The van der Waals surface area contributed by atoms with Crippen LogP contribution in [0.25, 0.3) is 93.8 Å². The maximum absolute atomic E-state index is 5.09. The van der Waals surface area contributed by atoms with Crippen molar-refractivity contribution >= 4 is 77.3 Å². The van der Waals surface area contributed by atoms with Gasteiger partial charge in [-0.1, -0.05) is 164 Å². The lowest BCUT2D eigenvalue weighted by Gasteiger charge is -2.27. The third kappa shape index (κ3) is 6.97. The van der Waals surface area contributed by atoms with E-state index in [2.05, 4.69) is 280 Å². The summed E-state index contributed by atoms with van der Waals surface area (Å²) in [6.07, 6.45) is 10.0. The number of hydrogen-bond acceptors (Lipinski definition) is 2. The van der Waals surface area contributed by atoms with Gasteiger partial charge in [0.05, 0.1) is 39.5 Å². The van der Waals surface area contributed by atoms with Crippen LogP contribution in [0, 0.1) is 0 Å². The van der Waals surface area contributed by atoms with Gasteiger partial charge >= 0.3 is 0 Å². The second-order valence-corrected chi connectivity index (χ2v) is 18.8. The molecule has 0 bridgehead atoms. The number of aromatic nitrogens is 4. The van der Waals surface area contributed by atoms with Gasteiger partial charge in [0.1, 0.15) is 0 Å². The van der Waals surface area contributed by atoms with Crippen molar-refractivity contribution in [2.45, 2.75) is 12.3 Å². The quantitative estimate of drug-likeness (QED) is 0.144. The lowest BCUT2D eigenvalue weighted by Crippen LogP contribution is -2.10. The van der Waals surface area contributed by atoms with Crippen LogP contribution < -0.4 is 4.90 Å². The van der Waals surface area contributed by atoms with Gasteiger partial charge in [0.25, 0.3) is 0 Å². The van der Waals surface area contributed by atoms with Gasteiger partial charge in [0, 0.05) is 61.3 Å². The number of para-hydroxylation sites is 3. The summed E-state index contributed by atoms with van der Waals surface area (Å²) in [6.45, 7) is 0. The van der Waals surface area contributed by atoms with Crippen molar-refractivity contribution in [3.63, 3.8) is 0 Å². The van der Waals surface area contributed by atoms with Gasteiger partial charge in [-0.05, 0) is 131 Å². The van der Waals surface area contributed by atoms with E-state index in [1.807, 2.05) is 6.20 Å². The molecule has 14 rings (SSSR count). The molecule has 13 aromatic rings. The van der Waals surface area contributed by atoms with Crippen molar-refractivity contribution in [1.29, 1.82) is 0 Å². The topological polar surface area (TPSA) is 30.9 Å². The van der Waals surface area contributed by atoms with Crippen LogP contribution in [0.15, 0.2) is 267 Å². The van der Waals surface area contributed by atoms with Crippen molar-refractivity contribution in [2.24, 2.45) is 0 Å². The molecule has 72 heavy (non-hydrogen) atoms. The zero-order valence-corrected chi connectivity index (χ0v) is 39.4. The van der Waals surface area contributed by atoms with Crippen molar-refractivity contribution in [3.8, 4) is 33.6 Å². The minimum Gasteiger partial charge on any atom is -0.311 e. The average molecular weight is 922 g/mol. The maximum Gasteiger partial charge on any atom is 0.0762 e. The first kappa shape index (κ1) is 41.5. The van der Waals surface area contributed by atoms with Gasteiger partial charge < -0.3 is 14.0 Å². The Morgan fingerprint density at radius 3 is 1.51 bits per heavy atom. The molecule has 0 amide bonds. The van der Waals surface area contributed by atoms with Crippen molar-refractivity contribution < 1.29 is 0 Å². The largest absolute Gasteiger partial charge is 0.311 e. The molecular weight excluding hydrogens is 875 g/mol. The first-order valence-electron chi connectivity index (χ1n) is 24.8. The van der Waals surface area contributed by atoms with Gasteiger partial charge in [0.15, 0.2) is 0 Å². The van der Waals surface area contributed by atoms with E-state index in [0.717, 1.165) is 45.8 Å². The summed E-state index contributed by atoms with van der Waals surface area (Å²) in [4.78, 5) is 2.36. The van der Waals surface area contributed by atoms with Crippen LogP contribution in [0.1, 0.15) is 17.9 Å². The molecule has 0 saturated heterocycles. The molecule has 0 aliphatic heterocycles. The molecule has 5 nitrogen and oxygen atoms in total. The lowest BCUT2D eigenvalue weighted by molar-refractivity contribution is 0.850. The van der Waals surface area contributed by atoms with Crippen LogP contribution >= 0.6 is 0 Å². The maximum atomic E-state index is 5.09. The van der Waals surface area contributed by atoms with Crippen LogP contribution in [-0.4, -0.2) is 18.9 Å². The van der Waals surface area contributed by atoms with E-state index in [-0.39, 0.29) is 5.92 Å². The van der Waals surface area contributed by atoms with Crippen molar-refractivity contribution in [3.05, 3.63) is 273 Å². The Morgan fingerprint density at radius 1 is 0.389 bits per heavy atom. The number of fused-ring (bicyclic) bond motifs is 8. The number of anilines is 3. The molecule has 10 aromatic carbocycles. The highest BCUT2D eigenvalue weighted by atomic mass is 15.3. The molecule has 0 radical (unpaired) electrons. The van der Waals surface area contributed by atoms with E-state index in [1.54, 1.807) is 0 Å². The van der Waals surface area contributed by atoms with Gasteiger partial charge in [-0.15, -0.1) is 0 Å². The van der Waals surface area contributed by atoms with E-state index in [4.69, 9.17) is 5.10 Å². The number of rotatable bonds is 9. The SMILES string of the molecule is C1=CC(c2ccc(N(c3ccc(-c4ccccc4)cc3)c3ccc(-c4ccccc4)cc3)cc2)CC=C1n1c2ccccc2c2cc(-n3ncc4c3ccc3c5ccccc5n(-c5ccccc5)c34)ccc21. The minimum atomic E-state index is 0.256. The van der Waals surface area contributed by atoms with E-state index in [1.165, 1.54) is 77.1 Å². The highest BCUT2D eigenvalue weighted by Gasteiger charge is 2.21. The number of hydrogen-bond donors (Lipinski definition) is 0. The summed E-state index contributed by atoms with van der Waals surface area (Å²) in [5.74, 6) is 0.256. The van der Waals surface area contributed by atoms with Crippen LogP contribution in [0.4, 0.5) is 17.1 Å². The Hall–Kier alpha value is -9.45. The summed E-state index contributed by atoms with van der Waals surface area (Å²) in [6, 6.07) is 87.6. The van der Waals surface area contributed by atoms with E-state index in [9.17, 15) is 0 Å². The highest BCUT2D eigenvalue weighted by Crippen LogP contribution is 2.42. The fourth-order valence-electron chi connectivity index (χ4n) is 11.2. The smallest absolute Gasteiger partial charge is 0.0762 e. The molecule has 1 atom stereocenters. The number of allylic oxidation sites excluding steroid dienone is 4. The Balaban J connectivity index is 0.775. The third-order valence-electron chi connectivity index (χ3n) is 14.7. The molecule has 340 valence electrons. The van der Waals surface area contributed by atoms with Gasteiger partial charge in [0.2, 0.25) is 0 Å². The second-order valence-electron chi connectivity index (χ2n) is 18.8. The molecule has 0 N–H and O–H groups in total.